The molecule has 2 saturated heterocycles. The average Bonchev–Trinajstić information content (AvgIpc) is 2.78. The van der Waals surface area contributed by atoms with E-state index >= 15 is 0 Å². The van der Waals surface area contributed by atoms with Crippen molar-refractivity contribution in [2.45, 2.75) is 32.2 Å². The third kappa shape index (κ3) is 4.53. The van der Waals surface area contributed by atoms with Crippen LogP contribution in [0.1, 0.15) is 19.8 Å². The molecule has 0 aromatic heterocycles. The first-order valence-corrected chi connectivity index (χ1v) is 7.83. The van der Waals surface area contributed by atoms with Crippen molar-refractivity contribution in [3.05, 3.63) is 0 Å². The number of alkyl halides is 2. The van der Waals surface area contributed by atoms with Crippen LogP contribution in [0.3, 0.4) is 0 Å². The second kappa shape index (κ2) is 7.71. The fraction of sp³-hybridized carbons (Fsp3) is 0.857. The number of hydrogen-bond acceptors (Lipinski definition) is 3. The highest BCUT2D eigenvalue weighted by Gasteiger charge is 2.29. The molecule has 0 radical (unpaired) electrons. The topological polar surface area (TPSA) is 55.9 Å². The monoisotopic (exact) mass is 318 g/mol. The van der Waals surface area contributed by atoms with E-state index in [9.17, 15) is 18.4 Å². The zero-order valence-corrected chi connectivity index (χ0v) is 12.9. The Bertz CT molecular complexity index is 408. The molecule has 0 spiro atoms. The van der Waals surface area contributed by atoms with Crippen LogP contribution in [0.5, 0.6) is 0 Å². The summed E-state index contributed by atoms with van der Waals surface area (Å²) in [7, 11) is 0. The summed E-state index contributed by atoms with van der Waals surface area (Å²) in [5.41, 5.74) is 0. The number of nitrogens with zero attached hydrogens (tertiary/aromatic N) is 3. The Morgan fingerprint density at radius 2 is 2.14 bits per heavy atom. The van der Waals surface area contributed by atoms with E-state index in [2.05, 4.69) is 5.32 Å². The van der Waals surface area contributed by atoms with E-state index in [4.69, 9.17) is 0 Å². The van der Waals surface area contributed by atoms with Crippen LogP contribution in [0.4, 0.5) is 13.6 Å². The number of rotatable bonds is 4. The lowest BCUT2D eigenvalue weighted by Crippen LogP contribution is -2.48. The maximum atomic E-state index is 12.3. The van der Waals surface area contributed by atoms with Crippen LogP contribution in [-0.4, -0.2) is 84.9 Å². The number of likely N-dealkylation sites (tertiary alicyclic amines) is 1. The van der Waals surface area contributed by atoms with Crippen molar-refractivity contribution in [3.63, 3.8) is 0 Å². The third-order valence-corrected chi connectivity index (χ3v) is 4.20. The van der Waals surface area contributed by atoms with Gasteiger partial charge in [-0.05, 0) is 19.8 Å². The SMILES string of the molecule is CCN1CCCN(C(=O)N[C@H]2CCN(CC(F)F)C2)CC1=O. The maximum absolute atomic E-state index is 12.3. The predicted octanol–water partition coefficient (Wildman–Crippen LogP) is 0.590. The highest BCUT2D eigenvalue weighted by atomic mass is 19.3. The normalized spacial score (nSPS) is 24.0. The molecule has 1 N–H and O–H groups in total. The zero-order valence-electron chi connectivity index (χ0n) is 12.9. The summed E-state index contributed by atoms with van der Waals surface area (Å²) in [6, 6.07) is -0.387. The fourth-order valence-electron chi connectivity index (χ4n) is 3.00. The number of halogens is 2. The molecule has 22 heavy (non-hydrogen) atoms. The Balaban J connectivity index is 1.81. The molecular formula is C14H24F2N4O2. The largest absolute Gasteiger partial charge is 0.341 e. The van der Waals surface area contributed by atoms with Crippen LogP contribution >= 0.6 is 0 Å². The molecule has 0 saturated carbocycles. The lowest BCUT2D eigenvalue weighted by Gasteiger charge is -2.23. The van der Waals surface area contributed by atoms with Crippen LogP contribution in [0, 0.1) is 0 Å². The highest BCUT2D eigenvalue weighted by Crippen LogP contribution is 2.12. The molecule has 2 fully saturated rings. The second-order valence-corrected chi connectivity index (χ2v) is 5.83. The molecule has 3 amide bonds. The van der Waals surface area contributed by atoms with Crippen LogP contribution in [0.25, 0.3) is 0 Å². The van der Waals surface area contributed by atoms with Gasteiger partial charge in [-0.1, -0.05) is 0 Å². The van der Waals surface area contributed by atoms with Gasteiger partial charge in [0, 0.05) is 38.8 Å². The van der Waals surface area contributed by atoms with Gasteiger partial charge in [0.25, 0.3) is 6.43 Å². The van der Waals surface area contributed by atoms with Crippen molar-refractivity contribution >= 4 is 11.9 Å². The summed E-state index contributed by atoms with van der Waals surface area (Å²) >= 11 is 0. The van der Waals surface area contributed by atoms with Gasteiger partial charge in [-0.25, -0.2) is 13.6 Å². The average molecular weight is 318 g/mol. The third-order valence-electron chi connectivity index (χ3n) is 4.20. The van der Waals surface area contributed by atoms with Gasteiger partial charge in [0.05, 0.1) is 6.54 Å². The molecule has 0 aromatic rings. The predicted molar refractivity (Wildman–Crippen MR) is 77.8 cm³/mol. The smallest absolute Gasteiger partial charge is 0.318 e. The minimum absolute atomic E-state index is 0.0408. The first-order chi connectivity index (χ1) is 10.5. The van der Waals surface area contributed by atoms with E-state index in [0.717, 1.165) is 6.42 Å². The van der Waals surface area contributed by atoms with Crippen LogP contribution in [-0.2, 0) is 4.79 Å². The molecule has 0 aliphatic carbocycles. The number of nitrogens with one attached hydrogen (secondary N) is 1. The van der Waals surface area contributed by atoms with Gasteiger partial charge in [-0.3, -0.25) is 9.69 Å². The van der Waals surface area contributed by atoms with Crippen molar-refractivity contribution in [1.29, 1.82) is 0 Å². The molecule has 8 heteroatoms. The van der Waals surface area contributed by atoms with E-state index in [-0.39, 0.29) is 31.1 Å². The Morgan fingerprint density at radius 3 is 2.82 bits per heavy atom. The van der Waals surface area contributed by atoms with Crippen LogP contribution in [0.2, 0.25) is 0 Å². The van der Waals surface area contributed by atoms with E-state index in [1.54, 1.807) is 9.80 Å². The minimum atomic E-state index is -2.35. The molecule has 0 unspecified atom stereocenters. The number of hydrogen-bond donors (Lipinski definition) is 1. The summed E-state index contributed by atoms with van der Waals surface area (Å²) in [5, 5.41) is 2.86. The lowest BCUT2D eigenvalue weighted by atomic mass is 10.3. The van der Waals surface area contributed by atoms with Crippen LogP contribution in [0.15, 0.2) is 0 Å². The molecule has 1 atom stereocenters. The van der Waals surface area contributed by atoms with E-state index in [0.29, 0.717) is 39.1 Å². The van der Waals surface area contributed by atoms with E-state index < -0.39 is 6.43 Å². The fourth-order valence-corrected chi connectivity index (χ4v) is 3.00. The molecule has 6 nitrogen and oxygen atoms in total. The number of carbonyl (C=O) groups is 2. The second-order valence-electron chi connectivity index (χ2n) is 5.83. The van der Waals surface area contributed by atoms with Gasteiger partial charge in [0.1, 0.15) is 6.54 Å². The molecule has 2 aliphatic heterocycles. The van der Waals surface area contributed by atoms with Crippen LogP contribution < -0.4 is 5.32 Å². The molecule has 0 aromatic carbocycles. The highest BCUT2D eigenvalue weighted by molar-refractivity contribution is 5.84. The molecule has 2 aliphatic rings. The van der Waals surface area contributed by atoms with Crippen molar-refractivity contribution in [2.24, 2.45) is 0 Å². The first-order valence-electron chi connectivity index (χ1n) is 7.83. The molecule has 126 valence electrons. The van der Waals surface area contributed by atoms with Gasteiger partial charge < -0.3 is 15.1 Å². The van der Waals surface area contributed by atoms with Crippen molar-refractivity contribution < 1.29 is 18.4 Å². The van der Waals surface area contributed by atoms with Crippen molar-refractivity contribution in [1.82, 2.24) is 20.0 Å². The first kappa shape index (κ1) is 16.9. The summed E-state index contributed by atoms with van der Waals surface area (Å²) < 4.78 is 24.7. The summed E-state index contributed by atoms with van der Waals surface area (Å²) in [6.07, 6.45) is -0.922. The molecule has 2 heterocycles. The number of likely N-dealkylation sites (N-methyl/N-ethyl adjacent to an activating group) is 1. The van der Waals surface area contributed by atoms with Gasteiger partial charge >= 0.3 is 6.03 Å². The summed E-state index contributed by atoms with van der Waals surface area (Å²) in [6.45, 7) is 4.64. The summed E-state index contributed by atoms with van der Waals surface area (Å²) in [4.78, 5) is 29.2. The lowest BCUT2D eigenvalue weighted by molar-refractivity contribution is -0.130. The van der Waals surface area contributed by atoms with Gasteiger partial charge in [-0.2, -0.15) is 0 Å². The Kier molecular flexibility index (Phi) is 5.93. The van der Waals surface area contributed by atoms with Crippen molar-refractivity contribution in [2.75, 3.05) is 45.8 Å². The number of amides is 3. The standard InChI is InChI=1S/C14H24F2N4O2/c1-2-19-5-3-6-20(10-13(19)21)14(22)17-11-4-7-18(8-11)9-12(15)16/h11-12H,2-10H2,1H3,(H,17,22)/t11-/m0/s1. The van der Waals surface area contributed by atoms with Gasteiger partial charge in [0.15, 0.2) is 0 Å². The number of urea groups is 1. The molecule has 0 bridgehead atoms. The Labute approximate surface area is 129 Å². The van der Waals surface area contributed by atoms with Crippen molar-refractivity contribution in [3.8, 4) is 0 Å². The molecular weight excluding hydrogens is 294 g/mol. The quantitative estimate of drug-likeness (QED) is 0.825. The molecule has 2 rings (SSSR count). The zero-order chi connectivity index (χ0) is 16.1. The Hall–Kier alpha value is -1.44. The minimum Gasteiger partial charge on any atom is -0.341 e. The van der Waals surface area contributed by atoms with E-state index in [1.807, 2.05) is 6.92 Å². The number of carbonyl (C=O) groups excluding carboxylic acids is 2. The van der Waals surface area contributed by atoms with Gasteiger partial charge in [0.2, 0.25) is 5.91 Å². The van der Waals surface area contributed by atoms with Gasteiger partial charge in [-0.15, -0.1) is 0 Å². The Morgan fingerprint density at radius 1 is 1.36 bits per heavy atom. The summed E-state index contributed by atoms with van der Waals surface area (Å²) in [5.74, 6) is -0.0408. The maximum Gasteiger partial charge on any atom is 0.318 e. The van der Waals surface area contributed by atoms with E-state index in [1.165, 1.54) is 4.90 Å².